The van der Waals surface area contributed by atoms with Crippen LogP contribution in [-0.4, -0.2) is 40.5 Å². The van der Waals surface area contributed by atoms with E-state index in [-0.39, 0.29) is 35.9 Å². The number of rotatable bonds is 7. The summed E-state index contributed by atoms with van der Waals surface area (Å²) < 4.78 is 8.07. The smallest absolute Gasteiger partial charge is 0.341 e. The zero-order valence-electron chi connectivity index (χ0n) is 19.5. The van der Waals surface area contributed by atoms with Crippen molar-refractivity contribution in [3.05, 3.63) is 44.0 Å². The number of carbonyl (C=O) groups is 3. The summed E-state index contributed by atoms with van der Waals surface area (Å²) in [6.07, 6.45) is 4.97. The van der Waals surface area contributed by atoms with E-state index in [0.29, 0.717) is 20.4 Å². The van der Waals surface area contributed by atoms with Gasteiger partial charge >= 0.3 is 5.97 Å². The number of thiophene rings is 1. The molecule has 1 aliphatic rings. The van der Waals surface area contributed by atoms with Gasteiger partial charge in [0.2, 0.25) is 5.91 Å². The van der Waals surface area contributed by atoms with E-state index in [1.807, 2.05) is 23.7 Å². The molecule has 0 aliphatic heterocycles. The second-order valence-electron chi connectivity index (χ2n) is 8.09. The Bertz CT molecular complexity index is 1340. The van der Waals surface area contributed by atoms with Crippen molar-refractivity contribution in [3.63, 3.8) is 0 Å². The van der Waals surface area contributed by atoms with Gasteiger partial charge in [-0.3, -0.25) is 9.59 Å². The van der Waals surface area contributed by atoms with Crippen molar-refractivity contribution < 1.29 is 19.1 Å². The minimum Gasteiger partial charge on any atom is -0.462 e. The normalized spacial score (nSPS) is 14.0. The third kappa shape index (κ3) is 6.17. The van der Waals surface area contributed by atoms with Crippen LogP contribution in [0.25, 0.3) is 10.2 Å². The van der Waals surface area contributed by atoms with E-state index in [4.69, 9.17) is 16.3 Å². The number of aryl methyl sites for hydroxylation is 2. The van der Waals surface area contributed by atoms with Crippen LogP contribution in [0.3, 0.4) is 0 Å². The number of aromatic nitrogens is 1. The zero-order chi connectivity index (χ0) is 24.9. The molecule has 0 spiro atoms. The minimum absolute atomic E-state index is 0.0775. The predicted molar refractivity (Wildman–Crippen MR) is 144 cm³/mol. The molecule has 2 aromatic heterocycles. The van der Waals surface area contributed by atoms with Gasteiger partial charge in [-0.2, -0.15) is 4.99 Å². The van der Waals surface area contributed by atoms with Gasteiger partial charge in [0.25, 0.3) is 5.91 Å². The Kier molecular flexibility index (Phi) is 8.69. The molecule has 7 nitrogen and oxygen atoms in total. The van der Waals surface area contributed by atoms with Gasteiger partial charge in [-0.05, 0) is 56.4 Å². The summed E-state index contributed by atoms with van der Waals surface area (Å²) in [6, 6.07) is 5.54. The molecule has 1 aromatic carbocycles. The Morgan fingerprint density at radius 3 is 2.77 bits per heavy atom. The fourth-order valence-corrected chi connectivity index (χ4v) is 7.20. The first-order chi connectivity index (χ1) is 16.9. The largest absolute Gasteiger partial charge is 0.462 e. The summed E-state index contributed by atoms with van der Waals surface area (Å²) in [7, 11) is 1.85. The second-order valence-corrected chi connectivity index (χ2v) is 11.6. The Morgan fingerprint density at radius 2 is 1.97 bits per heavy atom. The van der Waals surface area contributed by atoms with Gasteiger partial charge in [0.05, 0.1) is 33.9 Å². The van der Waals surface area contributed by atoms with Gasteiger partial charge in [-0.1, -0.05) is 29.4 Å². The average Bonchev–Trinajstić information content (AvgIpc) is 3.19. The lowest BCUT2D eigenvalue weighted by molar-refractivity contribution is -0.115. The highest BCUT2D eigenvalue weighted by atomic mass is 35.5. The van der Waals surface area contributed by atoms with Crippen molar-refractivity contribution in [1.82, 2.24) is 4.57 Å². The van der Waals surface area contributed by atoms with Crippen LogP contribution in [0.15, 0.2) is 23.2 Å². The second kappa shape index (κ2) is 11.7. The number of hydrogen-bond donors (Lipinski definition) is 1. The summed E-state index contributed by atoms with van der Waals surface area (Å²) in [6.45, 7) is 2.05. The van der Waals surface area contributed by atoms with Crippen molar-refractivity contribution in [2.75, 3.05) is 23.4 Å². The number of thiazole rings is 1. The minimum atomic E-state index is -0.388. The number of carbonyl (C=O) groups excluding carboxylic acids is 3. The molecule has 186 valence electrons. The molecule has 0 atom stereocenters. The summed E-state index contributed by atoms with van der Waals surface area (Å²) >= 11 is 10.1. The van der Waals surface area contributed by atoms with Crippen LogP contribution in [0, 0.1) is 0 Å². The summed E-state index contributed by atoms with van der Waals surface area (Å²) in [5, 5.41) is 4.07. The molecule has 2 heterocycles. The van der Waals surface area contributed by atoms with Crippen LogP contribution in [0.1, 0.15) is 47.0 Å². The summed E-state index contributed by atoms with van der Waals surface area (Å²) in [5.41, 5.74) is 2.46. The Labute approximate surface area is 220 Å². The van der Waals surface area contributed by atoms with Crippen LogP contribution >= 0.6 is 46.0 Å². The summed E-state index contributed by atoms with van der Waals surface area (Å²) in [5.74, 6) is -0.798. The molecule has 0 fully saturated rings. The molecule has 11 heteroatoms. The van der Waals surface area contributed by atoms with Crippen LogP contribution in [-0.2, 0) is 34.2 Å². The van der Waals surface area contributed by atoms with Gasteiger partial charge in [0, 0.05) is 16.9 Å². The number of fused-ring (bicyclic) bond motifs is 2. The van der Waals surface area contributed by atoms with Crippen LogP contribution in [0.4, 0.5) is 5.00 Å². The molecule has 1 N–H and O–H groups in total. The quantitative estimate of drug-likeness (QED) is 0.322. The Hall–Kier alpha value is -2.14. The Morgan fingerprint density at radius 1 is 1.17 bits per heavy atom. The van der Waals surface area contributed by atoms with Crippen molar-refractivity contribution >= 4 is 79.0 Å². The monoisotopic (exact) mass is 551 g/mol. The topological polar surface area (TPSA) is 89.8 Å². The van der Waals surface area contributed by atoms with Crippen LogP contribution in [0.5, 0.6) is 0 Å². The number of ether oxygens (including phenoxy) is 1. The van der Waals surface area contributed by atoms with Crippen molar-refractivity contribution in [3.8, 4) is 0 Å². The van der Waals surface area contributed by atoms with Crippen molar-refractivity contribution in [2.24, 2.45) is 12.0 Å². The molecule has 1 aliphatic carbocycles. The first kappa shape index (κ1) is 25.9. The van der Waals surface area contributed by atoms with E-state index < -0.39 is 0 Å². The molecule has 4 rings (SSSR count). The van der Waals surface area contributed by atoms with E-state index >= 15 is 0 Å². The molecule has 35 heavy (non-hydrogen) atoms. The molecule has 0 bridgehead atoms. The number of amides is 2. The predicted octanol–water partition coefficient (Wildman–Crippen LogP) is 5.20. The molecule has 0 saturated heterocycles. The number of hydrogen-bond acceptors (Lipinski definition) is 7. The molecule has 0 unspecified atom stereocenters. The molecule has 3 aromatic rings. The number of halogens is 1. The van der Waals surface area contributed by atoms with Gasteiger partial charge in [-0.25, -0.2) is 4.79 Å². The third-order valence-corrected chi connectivity index (χ3v) is 9.06. The standard InChI is InChI=1S/C24H26ClN3O4S3/c1-3-32-23(31)21-15-7-5-4-6-8-17(15)34-22(21)26-19(29)12-33-13-20(30)27-24-28(2)16-10-9-14(25)11-18(16)35-24/h9-11H,3-8,12-13H2,1-2H3,(H,26,29). The number of nitrogens with zero attached hydrogens (tertiary/aromatic N) is 2. The maximum Gasteiger partial charge on any atom is 0.341 e. The maximum absolute atomic E-state index is 12.6. The lowest BCUT2D eigenvalue weighted by Crippen LogP contribution is -2.18. The zero-order valence-corrected chi connectivity index (χ0v) is 22.7. The lowest BCUT2D eigenvalue weighted by atomic mass is 10.1. The number of esters is 1. The highest BCUT2D eigenvalue weighted by Crippen LogP contribution is 2.38. The number of anilines is 1. The molecule has 2 amide bonds. The third-order valence-electron chi connectivity index (χ3n) is 5.60. The van der Waals surface area contributed by atoms with Crippen molar-refractivity contribution in [1.29, 1.82) is 0 Å². The average molecular weight is 552 g/mol. The lowest BCUT2D eigenvalue weighted by Gasteiger charge is -2.08. The van der Waals surface area contributed by atoms with Gasteiger partial charge in [0.1, 0.15) is 5.00 Å². The van der Waals surface area contributed by atoms with E-state index in [2.05, 4.69) is 10.3 Å². The number of benzene rings is 1. The number of thioether (sulfide) groups is 1. The highest BCUT2D eigenvalue weighted by Gasteiger charge is 2.26. The van der Waals surface area contributed by atoms with Gasteiger partial charge in [-0.15, -0.1) is 23.1 Å². The van der Waals surface area contributed by atoms with Crippen LogP contribution in [0.2, 0.25) is 5.02 Å². The first-order valence-corrected chi connectivity index (χ1v) is 14.6. The van der Waals surface area contributed by atoms with E-state index in [9.17, 15) is 14.4 Å². The molecular weight excluding hydrogens is 526 g/mol. The fourth-order valence-electron chi connectivity index (χ4n) is 4.00. The first-order valence-electron chi connectivity index (χ1n) is 11.4. The summed E-state index contributed by atoms with van der Waals surface area (Å²) in [4.78, 5) is 43.6. The fraction of sp³-hybridized carbons (Fsp3) is 0.417. The van der Waals surface area contributed by atoms with Crippen molar-refractivity contribution in [2.45, 2.75) is 39.0 Å². The van der Waals surface area contributed by atoms with Gasteiger partial charge < -0.3 is 14.6 Å². The van der Waals surface area contributed by atoms with Crippen LogP contribution < -0.4 is 10.1 Å². The molecule has 0 saturated carbocycles. The number of nitrogens with one attached hydrogen (secondary N) is 1. The SMILES string of the molecule is CCOC(=O)c1c(NC(=O)CSCC(=O)N=c2sc3cc(Cl)ccc3n2C)sc2c1CCCCC2. The van der Waals surface area contributed by atoms with E-state index in [1.54, 1.807) is 13.0 Å². The van der Waals surface area contributed by atoms with E-state index in [1.165, 1.54) is 34.4 Å². The maximum atomic E-state index is 12.6. The molecule has 0 radical (unpaired) electrons. The highest BCUT2D eigenvalue weighted by molar-refractivity contribution is 8.00. The van der Waals surface area contributed by atoms with E-state index in [0.717, 1.165) is 52.8 Å². The molecular formula is C24H26ClN3O4S3. The van der Waals surface area contributed by atoms with Gasteiger partial charge in [0.15, 0.2) is 4.80 Å². The Balaban J connectivity index is 1.39.